The molecule has 1 amide bonds. The number of nitrogens with one attached hydrogen (secondary N) is 1. The maximum Gasteiger partial charge on any atom is 0.313 e. The molecule has 0 aliphatic rings. The number of ether oxygens (including phenoxy) is 1. The number of rotatable bonds is 6. The number of hydrogen-bond acceptors (Lipinski definition) is 6. The van der Waals surface area contributed by atoms with Gasteiger partial charge >= 0.3 is 5.69 Å². The van der Waals surface area contributed by atoms with Gasteiger partial charge in [0.2, 0.25) is 15.8 Å². The van der Waals surface area contributed by atoms with Crippen molar-refractivity contribution in [3.63, 3.8) is 0 Å². The van der Waals surface area contributed by atoms with Crippen LogP contribution in [0.2, 0.25) is 5.02 Å². The second kappa shape index (κ2) is 8.72. The molecule has 0 aromatic heterocycles. The van der Waals surface area contributed by atoms with E-state index in [0.717, 1.165) is 0 Å². The van der Waals surface area contributed by atoms with Crippen molar-refractivity contribution in [1.29, 1.82) is 0 Å². The van der Waals surface area contributed by atoms with Gasteiger partial charge in [-0.25, -0.2) is 13.6 Å². The molecule has 0 bridgehead atoms. The number of aryl methyl sites for hydroxylation is 1. The Kier molecular flexibility index (Phi) is 6.25. The Balaban J connectivity index is 1.77. The molecule has 31 heavy (non-hydrogen) atoms. The maximum absolute atomic E-state index is 12.5. The van der Waals surface area contributed by atoms with E-state index in [2.05, 4.69) is 5.32 Å². The van der Waals surface area contributed by atoms with Crippen molar-refractivity contribution in [3.8, 4) is 11.5 Å². The number of nitrogens with zero attached hydrogens (tertiary/aromatic N) is 1. The van der Waals surface area contributed by atoms with Gasteiger partial charge in [0.25, 0.3) is 5.91 Å². The number of primary sulfonamides is 1. The fourth-order valence-electron chi connectivity index (χ4n) is 2.71. The largest absolute Gasteiger partial charge is 0.450 e. The number of nitro groups is 1. The van der Waals surface area contributed by atoms with Crippen molar-refractivity contribution in [2.45, 2.75) is 11.8 Å². The van der Waals surface area contributed by atoms with E-state index in [9.17, 15) is 23.3 Å². The van der Waals surface area contributed by atoms with Gasteiger partial charge in [-0.2, -0.15) is 0 Å². The van der Waals surface area contributed by atoms with Crippen molar-refractivity contribution in [1.82, 2.24) is 0 Å². The molecular formula is C20H16ClN3O6S. The lowest BCUT2D eigenvalue weighted by atomic mass is 10.2. The van der Waals surface area contributed by atoms with Crippen LogP contribution >= 0.6 is 11.6 Å². The second-order valence-corrected chi connectivity index (χ2v) is 8.44. The Morgan fingerprint density at radius 2 is 1.77 bits per heavy atom. The van der Waals surface area contributed by atoms with E-state index in [-0.39, 0.29) is 38.4 Å². The topological polar surface area (TPSA) is 142 Å². The molecule has 0 aliphatic heterocycles. The average molecular weight is 462 g/mol. The average Bonchev–Trinajstić information content (AvgIpc) is 2.70. The summed E-state index contributed by atoms with van der Waals surface area (Å²) < 4.78 is 28.8. The molecule has 9 nitrogen and oxygen atoms in total. The summed E-state index contributed by atoms with van der Waals surface area (Å²) in [6.45, 7) is 1.59. The SMILES string of the molecule is Cc1ccc(NC(=O)c2ccc(Oc3ccc(Cl)cc3[N+](=O)[O-])cc2)cc1S(N)(=O)=O. The smallest absolute Gasteiger partial charge is 0.313 e. The van der Waals surface area contributed by atoms with Gasteiger partial charge in [-0.3, -0.25) is 14.9 Å². The molecule has 0 aliphatic carbocycles. The monoisotopic (exact) mass is 461 g/mol. The molecule has 3 aromatic rings. The minimum absolute atomic E-state index is 0.00165. The molecule has 3 aromatic carbocycles. The van der Waals surface area contributed by atoms with E-state index in [1.165, 1.54) is 54.6 Å². The predicted octanol–water partition coefficient (Wildman–Crippen LogP) is 4.25. The molecule has 0 saturated heterocycles. The molecule has 3 N–H and O–H groups in total. The third-order valence-electron chi connectivity index (χ3n) is 4.21. The van der Waals surface area contributed by atoms with E-state index < -0.39 is 20.9 Å². The van der Waals surface area contributed by atoms with Crippen molar-refractivity contribution in [3.05, 3.63) is 86.9 Å². The van der Waals surface area contributed by atoms with Gasteiger partial charge in [0.05, 0.1) is 9.82 Å². The van der Waals surface area contributed by atoms with E-state index in [0.29, 0.717) is 5.56 Å². The number of benzene rings is 3. The lowest BCUT2D eigenvalue weighted by molar-refractivity contribution is -0.385. The number of carbonyl (C=O) groups is 1. The Morgan fingerprint density at radius 1 is 1.10 bits per heavy atom. The molecule has 0 heterocycles. The number of halogens is 1. The fraction of sp³-hybridized carbons (Fsp3) is 0.0500. The Bertz CT molecular complexity index is 1280. The van der Waals surface area contributed by atoms with Crippen LogP contribution < -0.4 is 15.2 Å². The molecule has 0 unspecified atom stereocenters. The number of sulfonamides is 1. The van der Waals surface area contributed by atoms with Crippen LogP contribution in [0.4, 0.5) is 11.4 Å². The van der Waals surface area contributed by atoms with Gasteiger partial charge in [0, 0.05) is 22.3 Å². The van der Waals surface area contributed by atoms with Gasteiger partial charge in [-0.1, -0.05) is 17.7 Å². The summed E-state index contributed by atoms with van der Waals surface area (Å²) in [5, 5.41) is 19.1. The fourth-order valence-corrected chi connectivity index (χ4v) is 3.68. The zero-order valence-corrected chi connectivity index (χ0v) is 17.6. The van der Waals surface area contributed by atoms with Crippen LogP contribution in [-0.2, 0) is 10.0 Å². The summed E-state index contributed by atoms with van der Waals surface area (Å²) in [5.74, 6) is -0.219. The highest BCUT2D eigenvalue weighted by Gasteiger charge is 2.17. The van der Waals surface area contributed by atoms with E-state index in [1.54, 1.807) is 13.0 Å². The van der Waals surface area contributed by atoms with Crippen molar-refractivity contribution in [2.75, 3.05) is 5.32 Å². The molecule has 0 spiro atoms. The Morgan fingerprint density at radius 3 is 2.39 bits per heavy atom. The molecular weight excluding hydrogens is 446 g/mol. The highest BCUT2D eigenvalue weighted by atomic mass is 35.5. The van der Waals surface area contributed by atoms with Gasteiger partial charge < -0.3 is 10.1 Å². The third-order valence-corrected chi connectivity index (χ3v) is 5.50. The lowest BCUT2D eigenvalue weighted by Gasteiger charge is -2.10. The quantitative estimate of drug-likeness (QED) is 0.415. The first-order chi connectivity index (χ1) is 14.5. The van der Waals surface area contributed by atoms with E-state index in [4.69, 9.17) is 21.5 Å². The van der Waals surface area contributed by atoms with Crippen molar-refractivity contribution >= 4 is 38.9 Å². The first-order valence-corrected chi connectivity index (χ1v) is 10.6. The van der Waals surface area contributed by atoms with Crippen LogP contribution in [0.25, 0.3) is 0 Å². The third kappa shape index (κ3) is 5.37. The van der Waals surface area contributed by atoms with Crippen molar-refractivity contribution < 1.29 is 22.9 Å². The summed E-state index contributed by atoms with van der Waals surface area (Å²) in [7, 11) is -3.93. The minimum atomic E-state index is -3.93. The molecule has 0 radical (unpaired) electrons. The molecule has 3 rings (SSSR count). The number of carbonyl (C=O) groups excluding carboxylic acids is 1. The highest BCUT2D eigenvalue weighted by molar-refractivity contribution is 7.89. The van der Waals surface area contributed by atoms with Gasteiger partial charge in [0.1, 0.15) is 5.75 Å². The first kappa shape index (κ1) is 22.2. The zero-order valence-electron chi connectivity index (χ0n) is 16.0. The molecule has 0 saturated carbocycles. The van der Waals surface area contributed by atoms with Crippen LogP contribution in [0.3, 0.4) is 0 Å². The maximum atomic E-state index is 12.5. The summed E-state index contributed by atoms with van der Waals surface area (Å²) in [6, 6.07) is 14.2. The summed E-state index contributed by atoms with van der Waals surface area (Å²) in [4.78, 5) is 22.9. The Labute approximate surface area is 182 Å². The summed E-state index contributed by atoms with van der Waals surface area (Å²) in [6.07, 6.45) is 0. The van der Waals surface area contributed by atoms with E-state index >= 15 is 0 Å². The number of nitro benzene ring substituents is 1. The van der Waals surface area contributed by atoms with Gasteiger partial charge in [-0.15, -0.1) is 0 Å². The van der Waals surface area contributed by atoms with E-state index in [1.807, 2.05) is 0 Å². The molecule has 0 fully saturated rings. The van der Waals surface area contributed by atoms with Crippen LogP contribution in [0.5, 0.6) is 11.5 Å². The van der Waals surface area contributed by atoms with Crippen LogP contribution in [0.15, 0.2) is 65.6 Å². The van der Waals surface area contributed by atoms with Gasteiger partial charge in [0.15, 0.2) is 0 Å². The summed E-state index contributed by atoms with van der Waals surface area (Å²) >= 11 is 5.78. The molecule has 0 atom stereocenters. The van der Waals surface area contributed by atoms with Gasteiger partial charge in [-0.05, 0) is 61.0 Å². The number of anilines is 1. The van der Waals surface area contributed by atoms with Crippen LogP contribution in [-0.4, -0.2) is 19.2 Å². The molecule has 160 valence electrons. The molecule has 11 heteroatoms. The minimum Gasteiger partial charge on any atom is -0.450 e. The van der Waals surface area contributed by atoms with Crippen LogP contribution in [0, 0.1) is 17.0 Å². The number of amides is 1. The number of hydrogen-bond donors (Lipinski definition) is 2. The first-order valence-electron chi connectivity index (χ1n) is 8.71. The van der Waals surface area contributed by atoms with Crippen molar-refractivity contribution in [2.24, 2.45) is 5.14 Å². The second-order valence-electron chi connectivity index (χ2n) is 6.48. The zero-order chi connectivity index (χ0) is 22.8. The van der Waals surface area contributed by atoms with Crippen LogP contribution in [0.1, 0.15) is 15.9 Å². The highest BCUT2D eigenvalue weighted by Crippen LogP contribution is 2.33. The predicted molar refractivity (Wildman–Crippen MR) is 115 cm³/mol. The number of nitrogens with two attached hydrogens (primary N) is 1. The standard InChI is InChI=1S/C20H16ClN3O6S/c1-12-2-6-15(11-19(12)31(22,28)29)23-20(25)13-3-7-16(8-4-13)30-18-9-5-14(21)10-17(18)24(26)27/h2-11H,1H3,(H,23,25)(H2,22,28,29). The Hall–Kier alpha value is -3.47. The summed E-state index contributed by atoms with van der Waals surface area (Å²) in [5.41, 5.74) is 0.685. The lowest BCUT2D eigenvalue weighted by Crippen LogP contribution is -2.16. The normalized spacial score (nSPS) is 11.1.